The van der Waals surface area contributed by atoms with Crippen molar-refractivity contribution in [1.29, 1.82) is 0 Å². The van der Waals surface area contributed by atoms with Gasteiger partial charge in [-0.05, 0) is 73.1 Å². The quantitative estimate of drug-likeness (QED) is 0.407. The van der Waals surface area contributed by atoms with Gasteiger partial charge in [-0.3, -0.25) is 9.59 Å². The maximum atomic E-state index is 13.0. The Morgan fingerprint density at radius 1 is 1.00 bits per heavy atom. The van der Waals surface area contributed by atoms with E-state index in [9.17, 15) is 14.0 Å². The van der Waals surface area contributed by atoms with E-state index >= 15 is 0 Å². The number of aromatic nitrogens is 1. The van der Waals surface area contributed by atoms with Gasteiger partial charge >= 0.3 is 0 Å². The highest BCUT2D eigenvalue weighted by atomic mass is 19.1. The highest BCUT2D eigenvalue weighted by Crippen LogP contribution is 2.46. The molecule has 1 saturated heterocycles. The number of fused-ring (bicyclic) bond motifs is 3. The fourth-order valence-electron chi connectivity index (χ4n) is 6.77. The molecule has 7 rings (SSSR count). The number of rotatable bonds is 3. The summed E-state index contributed by atoms with van der Waals surface area (Å²) in [4.78, 5) is 32.2. The topological polar surface area (TPSA) is 74.3 Å². The Labute approximate surface area is 248 Å². The molecule has 0 radical (unpaired) electrons. The number of nitrogens with one attached hydrogen (secondary N) is 2. The first kappa shape index (κ1) is 29.6. The van der Waals surface area contributed by atoms with E-state index in [1.807, 2.05) is 43.9 Å². The van der Waals surface area contributed by atoms with Crippen LogP contribution in [0.25, 0.3) is 6.08 Å². The maximum Gasteiger partial charge on any atom is 0.243 e. The average Bonchev–Trinajstić information content (AvgIpc) is 3.69. The molecule has 42 heavy (non-hydrogen) atoms. The van der Waals surface area contributed by atoms with Crippen LogP contribution >= 0.6 is 0 Å². The predicted octanol–water partition coefficient (Wildman–Crippen LogP) is 5.99. The maximum absolute atomic E-state index is 13.0. The molecule has 6 nitrogen and oxygen atoms in total. The van der Waals surface area contributed by atoms with Crippen LogP contribution in [0.1, 0.15) is 67.3 Å². The third-order valence-electron chi connectivity index (χ3n) is 8.82. The Bertz CT molecular complexity index is 1460. The number of halogens is 1. The molecule has 2 spiro atoms. The monoisotopic (exact) mass is 568 g/mol. The molecule has 220 valence electrons. The number of carbonyl (C=O) groups excluding carboxylic acids is 2. The zero-order valence-electron chi connectivity index (χ0n) is 24.9. The number of carbonyl (C=O) groups is 2. The lowest BCUT2D eigenvalue weighted by atomic mass is 9.79. The molecule has 1 unspecified atom stereocenters. The Hall–Kier alpha value is -3.84. The van der Waals surface area contributed by atoms with E-state index in [1.54, 1.807) is 12.3 Å². The van der Waals surface area contributed by atoms with Gasteiger partial charge in [0.1, 0.15) is 11.6 Å². The van der Waals surface area contributed by atoms with Crippen LogP contribution in [0.15, 0.2) is 66.9 Å². The number of pyridine rings is 1. The summed E-state index contributed by atoms with van der Waals surface area (Å²) in [5, 5.41) is 6.46. The minimum absolute atomic E-state index is 0.0533. The molecule has 3 aromatic rings. The summed E-state index contributed by atoms with van der Waals surface area (Å²) in [6, 6.07) is 16.9. The van der Waals surface area contributed by atoms with Crippen molar-refractivity contribution < 1.29 is 14.0 Å². The molecule has 1 saturated carbocycles. The molecule has 2 aliphatic heterocycles. The molecule has 2 amide bonds. The number of nitrogens with zero attached hydrogens (tertiary/aromatic N) is 2. The number of hydrogen-bond acceptors (Lipinski definition) is 4. The summed E-state index contributed by atoms with van der Waals surface area (Å²) in [7, 11) is 0. The first-order valence-electron chi connectivity index (χ1n) is 15.2. The Kier molecular flexibility index (Phi) is 8.88. The van der Waals surface area contributed by atoms with Gasteiger partial charge in [0.15, 0.2) is 0 Å². The normalized spacial score (nSPS) is 21.5. The second kappa shape index (κ2) is 12.6. The van der Waals surface area contributed by atoms with E-state index < -0.39 is 5.41 Å². The van der Waals surface area contributed by atoms with Crippen molar-refractivity contribution in [1.82, 2.24) is 15.2 Å². The fourth-order valence-corrected chi connectivity index (χ4v) is 6.77. The SMILES string of the molecule is CC.Cc1cccc(F)c1.O=C1N(C/C=C/c2ccc3c(c2)CC2(C3)C(=O)Nc3ncccc32)CCNC12CCCC2. The van der Waals surface area contributed by atoms with Crippen LogP contribution in [-0.4, -0.2) is 46.9 Å². The molecule has 7 heteroatoms. The molecule has 4 aliphatic rings. The smallest absolute Gasteiger partial charge is 0.243 e. The van der Waals surface area contributed by atoms with Gasteiger partial charge in [0.25, 0.3) is 0 Å². The van der Waals surface area contributed by atoms with E-state index in [0.717, 1.165) is 55.5 Å². The standard InChI is InChI=1S/C26H28N4O2.C7H7F.C2H6/c31-23-25(21-6-3-11-27-22(21)29-23)16-19-8-7-18(15-20(19)17-25)5-4-13-30-14-12-28-26(24(30)32)9-1-2-10-26;1-6-3-2-4-7(8)5-6;1-2/h3-8,11,15,28H,1-2,9-10,12-14,16-17H2,(H,27,29,31);2-5H,1H3;1-2H3/b5-4+;;. The van der Waals surface area contributed by atoms with E-state index in [4.69, 9.17) is 0 Å². The number of hydrogen-bond donors (Lipinski definition) is 2. The van der Waals surface area contributed by atoms with Gasteiger partial charge in [-0.25, -0.2) is 9.37 Å². The number of amides is 2. The summed E-state index contributed by atoms with van der Waals surface area (Å²) < 4.78 is 12.2. The number of benzene rings is 2. The number of aryl methyl sites for hydroxylation is 1. The Morgan fingerprint density at radius 3 is 2.52 bits per heavy atom. The zero-order chi connectivity index (χ0) is 29.7. The van der Waals surface area contributed by atoms with Crippen LogP contribution in [0, 0.1) is 12.7 Å². The lowest BCUT2D eigenvalue weighted by Crippen LogP contribution is -2.63. The highest BCUT2D eigenvalue weighted by Gasteiger charge is 2.51. The molecule has 1 atom stereocenters. The molecule has 3 heterocycles. The van der Waals surface area contributed by atoms with Crippen molar-refractivity contribution in [2.75, 3.05) is 25.0 Å². The van der Waals surface area contributed by atoms with Gasteiger partial charge in [0, 0.05) is 31.4 Å². The van der Waals surface area contributed by atoms with Crippen LogP contribution in [0.2, 0.25) is 0 Å². The molecule has 2 aliphatic carbocycles. The summed E-state index contributed by atoms with van der Waals surface area (Å²) >= 11 is 0. The average molecular weight is 569 g/mol. The lowest BCUT2D eigenvalue weighted by molar-refractivity contribution is -0.140. The van der Waals surface area contributed by atoms with Crippen molar-refractivity contribution in [2.45, 2.75) is 70.3 Å². The lowest BCUT2D eigenvalue weighted by Gasteiger charge is -2.40. The number of piperazine rings is 1. The van der Waals surface area contributed by atoms with E-state index in [0.29, 0.717) is 25.2 Å². The van der Waals surface area contributed by atoms with Crippen molar-refractivity contribution >= 4 is 23.7 Å². The second-order valence-corrected chi connectivity index (χ2v) is 11.5. The summed E-state index contributed by atoms with van der Waals surface area (Å²) in [5.41, 5.74) is 4.71. The fraction of sp³-hybridized carbons (Fsp3) is 0.400. The first-order chi connectivity index (χ1) is 20.4. The molecular formula is C35H41FN4O2. The van der Waals surface area contributed by atoms with Gasteiger partial charge < -0.3 is 15.5 Å². The van der Waals surface area contributed by atoms with Crippen LogP contribution in [-0.2, 0) is 27.8 Å². The molecule has 1 aromatic heterocycles. The van der Waals surface area contributed by atoms with Crippen LogP contribution in [0.5, 0.6) is 0 Å². The van der Waals surface area contributed by atoms with Crippen molar-refractivity contribution in [2.24, 2.45) is 0 Å². The van der Waals surface area contributed by atoms with Gasteiger partial charge in [0.2, 0.25) is 11.8 Å². The zero-order valence-corrected chi connectivity index (χ0v) is 24.9. The van der Waals surface area contributed by atoms with Gasteiger partial charge in [-0.1, -0.05) is 75.2 Å². The molecular weight excluding hydrogens is 527 g/mol. The van der Waals surface area contributed by atoms with Crippen LogP contribution in [0.4, 0.5) is 10.2 Å². The largest absolute Gasteiger partial charge is 0.336 e. The minimum Gasteiger partial charge on any atom is -0.336 e. The van der Waals surface area contributed by atoms with Crippen molar-refractivity contribution in [3.8, 4) is 0 Å². The van der Waals surface area contributed by atoms with Gasteiger partial charge in [-0.15, -0.1) is 0 Å². The van der Waals surface area contributed by atoms with Crippen LogP contribution < -0.4 is 10.6 Å². The minimum atomic E-state index is -0.531. The number of anilines is 1. The van der Waals surface area contributed by atoms with E-state index in [-0.39, 0.29) is 23.2 Å². The summed E-state index contributed by atoms with van der Waals surface area (Å²) in [6.45, 7) is 8.15. The third-order valence-corrected chi connectivity index (χ3v) is 8.82. The van der Waals surface area contributed by atoms with Gasteiger partial charge in [0.05, 0.1) is 11.0 Å². The van der Waals surface area contributed by atoms with E-state index in [2.05, 4.69) is 46.0 Å². The molecule has 2 fully saturated rings. The highest BCUT2D eigenvalue weighted by molar-refractivity contribution is 6.06. The Balaban J connectivity index is 0.000000304. The van der Waals surface area contributed by atoms with Gasteiger partial charge in [-0.2, -0.15) is 0 Å². The summed E-state index contributed by atoms with van der Waals surface area (Å²) in [6.07, 6.45) is 11.5. The van der Waals surface area contributed by atoms with Crippen molar-refractivity contribution in [3.63, 3.8) is 0 Å². The molecule has 0 bridgehead atoms. The first-order valence-corrected chi connectivity index (χ1v) is 15.2. The third kappa shape index (κ3) is 5.75. The predicted molar refractivity (Wildman–Crippen MR) is 166 cm³/mol. The van der Waals surface area contributed by atoms with Crippen molar-refractivity contribution in [3.05, 3.63) is 101 Å². The Morgan fingerprint density at radius 2 is 1.79 bits per heavy atom. The van der Waals surface area contributed by atoms with E-state index in [1.165, 1.54) is 23.3 Å². The molecule has 2 N–H and O–H groups in total. The second-order valence-electron chi connectivity index (χ2n) is 11.5. The van der Waals surface area contributed by atoms with Crippen LogP contribution in [0.3, 0.4) is 0 Å². The molecule has 2 aromatic carbocycles. The summed E-state index contributed by atoms with van der Waals surface area (Å²) in [5.74, 6) is 0.856.